The summed E-state index contributed by atoms with van der Waals surface area (Å²) in [5, 5.41) is 13.3. The van der Waals surface area contributed by atoms with Crippen LogP contribution in [0, 0.1) is 48.5 Å². The molecule has 18 nitrogen and oxygen atoms in total. The normalized spacial score (nSPS) is 11.9. The first-order chi connectivity index (χ1) is 61.9. The van der Waals surface area contributed by atoms with Crippen LogP contribution in [-0.4, -0.2) is 23.3 Å². The predicted molar refractivity (Wildman–Crippen MR) is 507 cm³/mol. The third-order valence-electron chi connectivity index (χ3n) is 25.0. The number of hydrogen-bond donors (Lipinski definition) is 0. The average Bonchev–Trinajstić information content (AvgIpc) is 1.59. The monoisotopic (exact) mass is 1700 g/mol. The molecule has 15 aromatic heterocycles. The van der Waals surface area contributed by atoms with Gasteiger partial charge in [0.25, 0.3) is 17.4 Å². The summed E-state index contributed by atoms with van der Waals surface area (Å²) >= 11 is 3.85. The third-order valence-corrected chi connectivity index (χ3v) is 27.5. The van der Waals surface area contributed by atoms with Gasteiger partial charge in [0.2, 0.25) is 0 Å². The molecule has 618 valence electrons. The van der Waals surface area contributed by atoms with E-state index in [9.17, 15) is 0 Å². The minimum atomic E-state index is 0.586. The first kappa shape index (κ1) is 76.4. The number of fused-ring (bicyclic) bond motifs is 26. The Morgan fingerprint density at radius 3 is 1.27 bits per heavy atom. The number of hydrogen-bond acceptors (Lipinski definition) is 10. The minimum Gasteiger partial charge on any atom is -0.452 e. The molecule has 0 fully saturated rings. The van der Waals surface area contributed by atoms with E-state index in [1.807, 2.05) is 228 Å². The largest absolute Gasteiger partial charge is 0.452 e. The average molecular weight is 1700 g/mol. The Morgan fingerprint density at radius 2 is 0.685 bits per heavy atom. The Balaban J connectivity index is 0.0000000921. The third kappa shape index (κ3) is 12.2. The van der Waals surface area contributed by atoms with Crippen LogP contribution < -0.4 is 23.3 Å². The van der Waals surface area contributed by atoms with Crippen LogP contribution in [0.25, 0.3) is 213 Å². The maximum Gasteiger partial charge on any atom is 0.299 e. The fourth-order valence-corrected chi connectivity index (χ4v) is 21.5. The molecule has 0 saturated carbocycles. The van der Waals surface area contributed by atoms with E-state index in [0.29, 0.717) is 11.6 Å². The Hall–Kier alpha value is -15.5. The van der Waals surface area contributed by atoms with Crippen molar-refractivity contribution >= 4 is 196 Å². The number of rotatable bonds is 6. The van der Waals surface area contributed by atoms with Gasteiger partial charge < -0.3 is 35.3 Å². The second-order valence-electron chi connectivity index (χ2n) is 33.0. The van der Waals surface area contributed by atoms with Crippen LogP contribution in [0.4, 0.5) is 0 Å². The van der Waals surface area contributed by atoms with Crippen LogP contribution in [-0.2, 0) is 35.2 Å². The van der Waals surface area contributed by atoms with E-state index < -0.39 is 0 Å². The number of nitrogens with zero attached hydrogens (tertiary/aromatic N) is 10. The number of para-hydroxylation sites is 7. The molecule has 27 rings (SSSR count). The van der Waals surface area contributed by atoms with Gasteiger partial charge in [-0.05, 0) is 178 Å². The van der Waals surface area contributed by atoms with Crippen molar-refractivity contribution in [3.63, 3.8) is 0 Å². The first-order valence-corrected chi connectivity index (χ1v) is 44.0. The van der Waals surface area contributed by atoms with E-state index in [1.54, 1.807) is 0 Å². The lowest BCUT2D eigenvalue weighted by molar-refractivity contribution is -0.744. The molecule has 0 atom stereocenters. The molecule has 0 amide bonds. The molecule has 0 aliphatic heterocycles. The molecular formula is C107H85N10O8S2+5. The van der Waals surface area contributed by atoms with Gasteiger partial charge in [0.1, 0.15) is 50.6 Å². The highest BCUT2D eigenvalue weighted by Gasteiger charge is 2.32. The maximum absolute atomic E-state index is 6.27. The number of furan rings is 8. The van der Waals surface area contributed by atoms with Gasteiger partial charge in [-0.15, -0.1) is 60.1 Å². The Morgan fingerprint density at radius 1 is 0.268 bits per heavy atom. The smallest absolute Gasteiger partial charge is 0.299 e. The number of aryl methyl sites for hydroxylation is 12. The van der Waals surface area contributed by atoms with Crippen LogP contribution in [0.2, 0.25) is 0 Å². The maximum atomic E-state index is 6.27. The Bertz CT molecular complexity index is 8990. The quantitative estimate of drug-likeness (QED) is 0.149. The molecule has 0 radical (unpaired) electrons. The molecule has 0 bridgehead atoms. The molecule has 0 N–H and O–H groups in total. The van der Waals surface area contributed by atoms with Gasteiger partial charge in [-0.2, -0.15) is 4.57 Å². The van der Waals surface area contributed by atoms with E-state index in [4.69, 9.17) is 35.3 Å². The van der Waals surface area contributed by atoms with Crippen molar-refractivity contribution in [2.75, 3.05) is 0 Å². The van der Waals surface area contributed by atoms with Gasteiger partial charge in [-0.3, -0.25) is 0 Å². The zero-order valence-corrected chi connectivity index (χ0v) is 73.5. The van der Waals surface area contributed by atoms with Crippen molar-refractivity contribution in [1.82, 2.24) is 23.3 Å². The SMILES string of the molecule is Cc1cc2c(cc1-c1n(-c3c(C)cccc3C)c3ccccc3[n+]1C)sc1c3ccccc3sc21.Cc1cc2c(cc1-n1ccc[n+]1C)oc1c3ccccc3oc21.Cc1cc2c(cc1-n1ccc[n+]1C)oc1oc3ccccc3c12.Cc1ccc2c(oc3c4ccccc4oc23)c1-n1ccc[n+]1C.Cc1ccc2c(oc3oc4ccccc4c32)c1-n1ccc[n+]1C. The Labute approximate surface area is 733 Å². The zero-order valence-electron chi connectivity index (χ0n) is 71.8. The molecular weight excluding hydrogens is 1620 g/mol. The highest BCUT2D eigenvalue weighted by atomic mass is 32.1. The van der Waals surface area contributed by atoms with Crippen molar-refractivity contribution < 1.29 is 58.6 Å². The molecule has 0 saturated heterocycles. The second kappa shape index (κ2) is 29.6. The number of thiophene rings is 2. The van der Waals surface area contributed by atoms with Crippen LogP contribution >= 0.6 is 22.7 Å². The van der Waals surface area contributed by atoms with E-state index >= 15 is 0 Å². The fourth-order valence-electron chi connectivity index (χ4n) is 18.8. The summed E-state index contributed by atoms with van der Waals surface area (Å²) in [5.41, 5.74) is 28.0. The second-order valence-corrected chi connectivity index (χ2v) is 35.1. The molecule has 27 aromatic rings. The van der Waals surface area contributed by atoms with Gasteiger partial charge in [-0.1, -0.05) is 121 Å². The van der Waals surface area contributed by atoms with Gasteiger partial charge in [0.15, 0.2) is 109 Å². The molecule has 0 aliphatic rings. The lowest BCUT2D eigenvalue weighted by Crippen LogP contribution is -2.37. The molecule has 15 heterocycles. The molecule has 127 heavy (non-hydrogen) atoms. The van der Waals surface area contributed by atoms with E-state index in [0.717, 1.165) is 155 Å². The van der Waals surface area contributed by atoms with Crippen molar-refractivity contribution in [2.24, 2.45) is 35.2 Å². The number of aromatic nitrogens is 10. The van der Waals surface area contributed by atoms with Gasteiger partial charge in [0, 0.05) is 78.1 Å². The number of imidazole rings is 1. The van der Waals surface area contributed by atoms with Crippen molar-refractivity contribution in [3.05, 3.63) is 337 Å². The van der Waals surface area contributed by atoms with Crippen molar-refractivity contribution in [3.8, 4) is 39.8 Å². The standard InChI is InChI=1S/C31H25N2S2.4C19H15N2O2/c1-18-10-9-11-19(2)28(18)33-25-14-7-6-13-24(25)32(4)31(33)22-17-27-23(16-20(22)3)30-29(35-27)21-12-5-8-15-26(21)34-30;1-12-8-9-14-16-13-6-3-4-7-15(13)22-19(16)23-18(14)17(12)21-11-5-10-20(21)2;1-12-8-9-14-17(16(12)21-11-5-10-20(21)2)23-18-13-6-3-4-7-15(13)22-19(14)18;1-12-10-14-17(11-15(12)21-9-5-8-20(21)2)23-18-13-6-3-4-7-16(13)22-19(14)18;1-12-10-14-17(11-15(12)21-9-5-8-20(21)2)23-19-18(14)13-6-3-4-7-16(13)22-19/h5-17H,1-4H3;4*3-11H,1-2H3/q5*+1. The van der Waals surface area contributed by atoms with E-state index in [-0.39, 0.29) is 0 Å². The first-order valence-electron chi connectivity index (χ1n) is 42.4. The van der Waals surface area contributed by atoms with E-state index in [2.05, 4.69) is 223 Å². The van der Waals surface area contributed by atoms with Crippen molar-refractivity contribution in [2.45, 2.75) is 48.5 Å². The van der Waals surface area contributed by atoms with Crippen molar-refractivity contribution in [1.29, 1.82) is 0 Å². The van der Waals surface area contributed by atoms with E-state index in [1.165, 1.54) is 85.5 Å². The van der Waals surface area contributed by atoms with Crippen LogP contribution in [0.3, 0.4) is 0 Å². The van der Waals surface area contributed by atoms with Gasteiger partial charge >= 0.3 is 0 Å². The molecule has 20 heteroatoms. The van der Waals surface area contributed by atoms with Gasteiger partial charge in [0.05, 0.1) is 79.1 Å². The predicted octanol–water partition coefficient (Wildman–Crippen LogP) is 25.7. The molecule has 12 aromatic carbocycles. The summed E-state index contributed by atoms with van der Waals surface area (Å²) in [4.78, 5) is 0. The Kier molecular flexibility index (Phi) is 17.8. The summed E-state index contributed by atoms with van der Waals surface area (Å²) < 4.78 is 75.2. The van der Waals surface area contributed by atoms with Gasteiger partial charge in [-0.25, -0.2) is 4.57 Å². The molecule has 0 spiro atoms. The number of benzene rings is 12. The molecule has 0 aliphatic carbocycles. The summed E-state index contributed by atoms with van der Waals surface area (Å²) in [5.74, 6) is 2.40. The van der Waals surface area contributed by atoms with Crippen LogP contribution in [0.1, 0.15) is 38.9 Å². The van der Waals surface area contributed by atoms with Crippen LogP contribution in [0.15, 0.2) is 334 Å². The summed E-state index contributed by atoms with van der Waals surface area (Å²) in [6.07, 6.45) is 16.2. The highest BCUT2D eigenvalue weighted by Crippen LogP contribution is 2.48. The zero-order chi connectivity index (χ0) is 86.1. The fraction of sp³-hybridized carbons (Fsp3) is 0.112. The summed E-state index contributed by atoms with van der Waals surface area (Å²) in [7, 11) is 10.3. The summed E-state index contributed by atoms with van der Waals surface area (Å²) in [6, 6.07) is 86.0. The van der Waals surface area contributed by atoms with Crippen LogP contribution in [0.5, 0.6) is 0 Å². The topological polar surface area (TPSA) is 149 Å². The lowest BCUT2D eigenvalue weighted by Gasteiger charge is -2.11. The highest BCUT2D eigenvalue weighted by molar-refractivity contribution is 7.36. The minimum absolute atomic E-state index is 0.586. The lowest BCUT2D eigenvalue weighted by atomic mass is 10.0. The summed E-state index contributed by atoms with van der Waals surface area (Å²) in [6.45, 7) is 15.1. The molecule has 0 unspecified atom stereocenters.